The first-order chi connectivity index (χ1) is 14.3. The maximum atomic E-state index is 10.9. The van der Waals surface area contributed by atoms with Gasteiger partial charge in [0.2, 0.25) is 0 Å². The van der Waals surface area contributed by atoms with Crippen molar-refractivity contribution < 1.29 is 36.3 Å². The summed E-state index contributed by atoms with van der Waals surface area (Å²) in [6.07, 6.45) is 1.99. The van der Waals surface area contributed by atoms with Gasteiger partial charge in [0.15, 0.2) is 5.52 Å². The molecule has 0 bridgehead atoms. The predicted octanol–water partition coefficient (Wildman–Crippen LogP) is 0.193. The van der Waals surface area contributed by atoms with Crippen molar-refractivity contribution in [3.8, 4) is 17.4 Å². The zero-order valence-electron chi connectivity index (χ0n) is 18.0. The molecule has 12 heteroatoms. The van der Waals surface area contributed by atoms with Crippen molar-refractivity contribution in [3.05, 3.63) is 41.2 Å². The Morgan fingerprint density at radius 3 is 2.62 bits per heavy atom. The number of halogens is 2. The number of hydrogen-bond acceptors (Lipinski definition) is 7. The summed E-state index contributed by atoms with van der Waals surface area (Å²) in [7, 11) is 6.27. The number of H-pyrrole nitrogens is 1. The molecule has 3 aromatic rings. The van der Waals surface area contributed by atoms with E-state index in [2.05, 4.69) is 4.98 Å². The number of carbonyl (C=O) groups is 1. The summed E-state index contributed by atoms with van der Waals surface area (Å²) in [5.74, 6) is 2.22. The number of aromatic amines is 1. The van der Waals surface area contributed by atoms with E-state index in [0.717, 1.165) is 39.4 Å². The SMILES string of the molecule is COc1ccc2[nH]c(-[n+]3cc(C)c(OC)c(C)c3CSSCC(N)C(=O)O)nc2c1.Cl.[Cl-]. The average molecular weight is 521 g/mol. The van der Waals surface area contributed by atoms with Gasteiger partial charge in [0, 0.05) is 22.9 Å². The molecule has 3 rings (SSSR count). The van der Waals surface area contributed by atoms with Gasteiger partial charge in [0.25, 0.3) is 0 Å². The predicted molar refractivity (Wildman–Crippen MR) is 127 cm³/mol. The maximum Gasteiger partial charge on any atom is 0.402 e. The van der Waals surface area contributed by atoms with E-state index >= 15 is 0 Å². The molecule has 1 aromatic carbocycles. The van der Waals surface area contributed by atoms with Crippen LogP contribution in [0.25, 0.3) is 17.0 Å². The van der Waals surface area contributed by atoms with Gasteiger partial charge >= 0.3 is 11.9 Å². The van der Waals surface area contributed by atoms with Gasteiger partial charge in [-0.1, -0.05) is 26.6 Å². The lowest BCUT2D eigenvalue weighted by Gasteiger charge is -2.15. The van der Waals surface area contributed by atoms with E-state index in [1.807, 2.05) is 42.8 Å². The Morgan fingerprint density at radius 2 is 2.00 bits per heavy atom. The number of rotatable bonds is 9. The second-order valence-corrected chi connectivity index (χ2v) is 9.23. The second kappa shape index (κ2) is 12.4. The summed E-state index contributed by atoms with van der Waals surface area (Å²) in [4.78, 5) is 19.0. The molecule has 0 saturated heterocycles. The van der Waals surface area contributed by atoms with Crippen molar-refractivity contribution in [2.24, 2.45) is 5.73 Å². The van der Waals surface area contributed by atoms with Crippen LogP contribution in [-0.2, 0) is 10.5 Å². The highest BCUT2D eigenvalue weighted by Gasteiger charge is 2.23. The van der Waals surface area contributed by atoms with Gasteiger partial charge < -0.3 is 32.7 Å². The number of carboxylic acids is 1. The number of aliphatic carboxylic acids is 1. The summed E-state index contributed by atoms with van der Waals surface area (Å²) in [5, 5.41) is 8.95. The molecule has 1 atom stereocenters. The number of pyridine rings is 1. The Kier molecular flexibility index (Phi) is 10.9. The lowest BCUT2D eigenvalue weighted by molar-refractivity contribution is -0.611. The van der Waals surface area contributed by atoms with Crippen LogP contribution in [-0.4, -0.2) is 47.1 Å². The number of ether oxygens (including phenoxy) is 2. The molecule has 8 nitrogen and oxygen atoms in total. The van der Waals surface area contributed by atoms with Crippen LogP contribution < -0.4 is 32.2 Å². The smallest absolute Gasteiger partial charge is 0.402 e. The Hall–Kier alpha value is -1.85. The standard InChI is InChI=1S/C20H24N4O4S2.2ClH/c1-11-8-24(20-22-15-6-5-13(27-3)7-16(15)23-20)17(12(2)18(11)28-4)10-30-29-9-14(21)19(25)26;;/h5-8,14H,9-10,21H2,1-4H3,(H-,22,23,25,26);2*1H. The van der Waals surface area contributed by atoms with Crippen molar-refractivity contribution in [2.45, 2.75) is 25.6 Å². The Labute approximate surface area is 206 Å². The van der Waals surface area contributed by atoms with E-state index in [4.69, 9.17) is 25.3 Å². The van der Waals surface area contributed by atoms with E-state index < -0.39 is 12.0 Å². The third-order valence-corrected chi connectivity index (χ3v) is 7.01. The number of fused-ring (bicyclic) bond motifs is 1. The quantitative estimate of drug-likeness (QED) is 0.208. The van der Waals surface area contributed by atoms with Crippen LogP contribution in [0.1, 0.15) is 16.8 Å². The lowest BCUT2D eigenvalue weighted by Crippen LogP contribution is -3.00. The first-order valence-electron chi connectivity index (χ1n) is 9.21. The van der Waals surface area contributed by atoms with E-state index in [0.29, 0.717) is 17.5 Å². The summed E-state index contributed by atoms with van der Waals surface area (Å²) < 4.78 is 12.9. The van der Waals surface area contributed by atoms with Gasteiger partial charge in [-0.3, -0.25) is 4.79 Å². The first kappa shape index (κ1) is 28.2. The molecule has 0 spiro atoms. The van der Waals surface area contributed by atoms with Gasteiger partial charge in [-0.05, 0) is 26.0 Å². The minimum atomic E-state index is -0.996. The summed E-state index contributed by atoms with van der Waals surface area (Å²) >= 11 is 0. The third-order valence-electron chi connectivity index (χ3n) is 4.70. The van der Waals surface area contributed by atoms with Gasteiger partial charge in [0.1, 0.15) is 28.8 Å². The van der Waals surface area contributed by atoms with Crippen LogP contribution in [0.3, 0.4) is 0 Å². The van der Waals surface area contributed by atoms with Crippen molar-refractivity contribution >= 4 is 51.0 Å². The number of aromatic nitrogens is 3. The highest BCUT2D eigenvalue weighted by atomic mass is 35.5. The van der Waals surface area contributed by atoms with Crippen LogP contribution >= 0.6 is 34.0 Å². The molecule has 1 unspecified atom stereocenters. The van der Waals surface area contributed by atoms with Crippen molar-refractivity contribution in [1.29, 1.82) is 0 Å². The Bertz CT molecular complexity index is 1080. The highest BCUT2D eigenvalue weighted by Crippen LogP contribution is 2.31. The topological polar surface area (TPSA) is 114 Å². The molecule has 0 amide bonds. The fourth-order valence-corrected chi connectivity index (χ4v) is 5.37. The fraction of sp³-hybridized carbons (Fsp3) is 0.350. The fourth-order valence-electron chi connectivity index (χ4n) is 3.12. The van der Waals surface area contributed by atoms with Crippen LogP contribution in [0, 0.1) is 13.8 Å². The van der Waals surface area contributed by atoms with Crippen molar-refractivity contribution in [1.82, 2.24) is 9.97 Å². The Balaban J connectivity index is 0.00000256. The van der Waals surface area contributed by atoms with Crippen molar-refractivity contribution in [2.75, 3.05) is 20.0 Å². The molecule has 0 radical (unpaired) electrons. The summed E-state index contributed by atoms with van der Waals surface area (Å²) in [6.45, 7) is 4.00. The maximum absolute atomic E-state index is 10.9. The third kappa shape index (κ3) is 6.14. The van der Waals surface area contributed by atoms with Crippen LogP contribution in [0.2, 0.25) is 0 Å². The summed E-state index contributed by atoms with van der Waals surface area (Å²) in [6, 6.07) is 4.83. The normalized spacial score (nSPS) is 11.4. The largest absolute Gasteiger partial charge is 1.00 e. The minimum Gasteiger partial charge on any atom is -1.00 e. The first-order valence-corrected chi connectivity index (χ1v) is 11.7. The molecule has 2 heterocycles. The minimum absolute atomic E-state index is 0. The van der Waals surface area contributed by atoms with Crippen LogP contribution in [0.15, 0.2) is 24.4 Å². The van der Waals surface area contributed by atoms with Gasteiger partial charge in [-0.15, -0.1) is 12.4 Å². The zero-order valence-corrected chi connectivity index (χ0v) is 21.3. The van der Waals surface area contributed by atoms with E-state index in [-0.39, 0.29) is 24.8 Å². The summed E-state index contributed by atoms with van der Waals surface area (Å²) in [5.41, 5.74) is 10.3. The average Bonchev–Trinajstić information content (AvgIpc) is 3.15. The number of aryl methyl sites for hydroxylation is 1. The number of carboxylic acid groups (broad SMARTS) is 1. The van der Waals surface area contributed by atoms with Crippen LogP contribution in [0.5, 0.6) is 11.5 Å². The Morgan fingerprint density at radius 1 is 1.28 bits per heavy atom. The van der Waals surface area contributed by atoms with Crippen molar-refractivity contribution in [3.63, 3.8) is 0 Å². The van der Waals surface area contributed by atoms with Crippen LogP contribution in [0.4, 0.5) is 0 Å². The van der Waals surface area contributed by atoms with Gasteiger partial charge in [-0.2, -0.15) is 0 Å². The monoisotopic (exact) mass is 520 g/mol. The van der Waals surface area contributed by atoms with E-state index in [1.165, 1.54) is 10.8 Å². The molecule has 0 saturated carbocycles. The van der Waals surface area contributed by atoms with E-state index in [1.54, 1.807) is 25.0 Å². The molecule has 4 N–H and O–H groups in total. The van der Waals surface area contributed by atoms with Gasteiger partial charge in [-0.25, -0.2) is 9.55 Å². The lowest BCUT2D eigenvalue weighted by atomic mass is 10.1. The molecule has 0 fully saturated rings. The molecule has 176 valence electrons. The molecular weight excluding hydrogens is 495 g/mol. The number of imidazole rings is 1. The van der Waals surface area contributed by atoms with Gasteiger partial charge in [0.05, 0.1) is 26.2 Å². The molecule has 0 aliphatic carbocycles. The molecule has 32 heavy (non-hydrogen) atoms. The zero-order chi connectivity index (χ0) is 21.8. The van der Waals surface area contributed by atoms with E-state index in [9.17, 15) is 4.79 Å². The number of nitrogens with zero attached hydrogens (tertiary/aromatic N) is 2. The molecular formula is C20H26Cl2N4O4S2. The number of hydrogen-bond donors (Lipinski definition) is 3. The highest BCUT2D eigenvalue weighted by molar-refractivity contribution is 8.76. The number of benzene rings is 1. The number of nitrogens with one attached hydrogen (secondary N) is 1. The molecule has 0 aliphatic rings. The number of nitrogens with two attached hydrogens (primary N) is 1. The molecule has 2 aromatic heterocycles. The number of methoxy groups -OCH3 is 2. The second-order valence-electron chi connectivity index (χ2n) is 6.72. The molecule has 0 aliphatic heterocycles.